The quantitative estimate of drug-likeness (QED) is 0.521. The number of benzene rings is 1. The van der Waals surface area contributed by atoms with E-state index in [2.05, 4.69) is 9.97 Å². The van der Waals surface area contributed by atoms with Gasteiger partial charge in [0, 0.05) is 6.20 Å². The lowest BCUT2D eigenvalue weighted by atomic mass is 10.4. The minimum atomic E-state index is -3.72. The first-order chi connectivity index (χ1) is 11.1. The highest BCUT2D eigenvalue weighted by Crippen LogP contribution is 2.28. The highest BCUT2D eigenvalue weighted by atomic mass is 32.2. The van der Waals surface area contributed by atoms with Crippen molar-refractivity contribution in [3.8, 4) is 5.88 Å². The largest absolute Gasteiger partial charge is 0.477 e. The predicted molar refractivity (Wildman–Crippen MR) is 89.5 cm³/mol. The molecule has 0 N–H and O–H groups in total. The van der Waals surface area contributed by atoms with Crippen molar-refractivity contribution in [3.05, 3.63) is 42.6 Å². The summed E-state index contributed by atoms with van der Waals surface area (Å²) in [6.07, 6.45) is 3.31. The molecule has 0 aliphatic rings. The molecule has 0 radical (unpaired) electrons. The van der Waals surface area contributed by atoms with E-state index in [-0.39, 0.29) is 4.90 Å². The second-order valence-corrected chi connectivity index (χ2v) is 7.20. The molecule has 3 rings (SSSR count). The van der Waals surface area contributed by atoms with E-state index >= 15 is 0 Å². The maximum atomic E-state index is 12.8. The molecule has 0 unspecified atom stereocenters. The van der Waals surface area contributed by atoms with Crippen LogP contribution in [0.5, 0.6) is 5.88 Å². The van der Waals surface area contributed by atoms with Crippen molar-refractivity contribution in [2.45, 2.75) is 17.0 Å². The van der Waals surface area contributed by atoms with Gasteiger partial charge in [-0.2, -0.15) is 4.98 Å². The van der Waals surface area contributed by atoms with Crippen LogP contribution in [0.2, 0.25) is 0 Å². The summed E-state index contributed by atoms with van der Waals surface area (Å²) in [5.41, 5.74) is 0.316. The highest BCUT2D eigenvalue weighted by Gasteiger charge is 2.22. The zero-order valence-electron chi connectivity index (χ0n) is 12.6. The Bertz CT molecular complexity index is 937. The van der Waals surface area contributed by atoms with Gasteiger partial charge in [-0.3, -0.25) is 0 Å². The molecule has 0 saturated heterocycles. The van der Waals surface area contributed by atoms with E-state index in [1.54, 1.807) is 36.4 Å². The molecule has 23 heavy (non-hydrogen) atoms. The SMILES string of the molecule is CCOc1nc(SC)nc2c1ccn2S(=O)(=O)c1ccccc1. The van der Waals surface area contributed by atoms with E-state index in [0.29, 0.717) is 28.7 Å². The van der Waals surface area contributed by atoms with Crippen LogP contribution in [-0.4, -0.2) is 35.2 Å². The lowest BCUT2D eigenvalue weighted by Gasteiger charge is -2.09. The Morgan fingerprint density at radius 2 is 1.91 bits per heavy atom. The number of nitrogens with zero attached hydrogens (tertiary/aromatic N) is 3. The molecule has 2 heterocycles. The maximum absolute atomic E-state index is 12.8. The van der Waals surface area contributed by atoms with Gasteiger partial charge in [0.1, 0.15) is 0 Å². The first-order valence-electron chi connectivity index (χ1n) is 6.94. The lowest BCUT2D eigenvalue weighted by molar-refractivity contribution is 0.328. The van der Waals surface area contributed by atoms with Crippen molar-refractivity contribution in [2.24, 2.45) is 0 Å². The second kappa shape index (κ2) is 6.21. The minimum Gasteiger partial charge on any atom is -0.477 e. The minimum absolute atomic E-state index is 0.208. The summed E-state index contributed by atoms with van der Waals surface area (Å²) < 4.78 is 32.4. The van der Waals surface area contributed by atoms with Crippen molar-refractivity contribution in [1.82, 2.24) is 13.9 Å². The van der Waals surface area contributed by atoms with E-state index in [1.807, 2.05) is 13.2 Å². The van der Waals surface area contributed by atoms with Crippen LogP contribution in [0.1, 0.15) is 6.92 Å². The molecule has 3 aromatic rings. The average Bonchev–Trinajstić information content (AvgIpc) is 3.00. The zero-order valence-corrected chi connectivity index (χ0v) is 14.3. The van der Waals surface area contributed by atoms with Gasteiger partial charge in [-0.25, -0.2) is 17.4 Å². The lowest BCUT2D eigenvalue weighted by Crippen LogP contribution is -2.12. The van der Waals surface area contributed by atoms with Crippen molar-refractivity contribution >= 4 is 32.8 Å². The van der Waals surface area contributed by atoms with Crippen LogP contribution in [0.3, 0.4) is 0 Å². The summed E-state index contributed by atoms with van der Waals surface area (Å²) in [5.74, 6) is 0.392. The van der Waals surface area contributed by atoms with Crippen LogP contribution in [0.25, 0.3) is 11.0 Å². The highest BCUT2D eigenvalue weighted by molar-refractivity contribution is 7.98. The molecular weight excluding hydrogens is 334 g/mol. The van der Waals surface area contributed by atoms with Gasteiger partial charge in [0.15, 0.2) is 10.8 Å². The molecule has 0 aliphatic carbocycles. The zero-order chi connectivity index (χ0) is 16.4. The third kappa shape index (κ3) is 2.79. The van der Waals surface area contributed by atoms with Gasteiger partial charge >= 0.3 is 0 Å². The molecule has 8 heteroatoms. The third-order valence-corrected chi connectivity index (χ3v) is 5.45. The van der Waals surface area contributed by atoms with Crippen molar-refractivity contribution in [2.75, 3.05) is 12.9 Å². The standard InChI is InChI=1S/C15H15N3O3S2/c1-3-21-14-12-9-10-18(13(12)16-15(17-14)22-2)23(19,20)11-7-5-4-6-8-11/h4-10H,3H2,1-2H3. The van der Waals surface area contributed by atoms with Gasteiger partial charge in [-0.15, -0.1) is 0 Å². The monoisotopic (exact) mass is 349 g/mol. The summed E-state index contributed by atoms with van der Waals surface area (Å²) in [6.45, 7) is 2.29. The second-order valence-electron chi connectivity index (χ2n) is 4.62. The molecule has 0 bridgehead atoms. The Kier molecular flexibility index (Phi) is 4.27. The Labute approximate surface area is 138 Å². The summed E-state index contributed by atoms with van der Waals surface area (Å²) in [6, 6.07) is 9.92. The molecular formula is C15H15N3O3S2. The van der Waals surface area contributed by atoms with Crippen molar-refractivity contribution < 1.29 is 13.2 Å². The normalized spacial score (nSPS) is 11.7. The van der Waals surface area contributed by atoms with Crippen LogP contribution in [0, 0.1) is 0 Å². The molecule has 0 fully saturated rings. The molecule has 0 atom stereocenters. The summed E-state index contributed by atoms with van der Waals surface area (Å²) in [7, 11) is -3.72. The van der Waals surface area contributed by atoms with E-state index in [9.17, 15) is 8.42 Å². The van der Waals surface area contributed by atoms with Crippen molar-refractivity contribution in [3.63, 3.8) is 0 Å². The molecule has 120 valence electrons. The molecule has 0 spiro atoms. The number of hydrogen-bond acceptors (Lipinski definition) is 6. The molecule has 2 aromatic heterocycles. The van der Waals surface area contributed by atoms with Crippen molar-refractivity contribution in [1.29, 1.82) is 0 Å². The first-order valence-corrected chi connectivity index (χ1v) is 9.61. The van der Waals surface area contributed by atoms with Gasteiger partial charge in [0.05, 0.1) is 16.9 Å². The van der Waals surface area contributed by atoms with E-state index < -0.39 is 10.0 Å². The van der Waals surface area contributed by atoms with E-state index in [1.165, 1.54) is 21.9 Å². The van der Waals surface area contributed by atoms with Crippen LogP contribution in [0.4, 0.5) is 0 Å². The third-order valence-electron chi connectivity index (χ3n) is 3.22. The van der Waals surface area contributed by atoms with Crippen LogP contribution in [-0.2, 0) is 10.0 Å². The summed E-state index contributed by atoms with van der Waals surface area (Å²) in [5, 5.41) is 1.04. The van der Waals surface area contributed by atoms with Gasteiger partial charge in [0.2, 0.25) is 5.88 Å². The molecule has 6 nitrogen and oxygen atoms in total. The van der Waals surface area contributed by atoms with Gasteiger partial charge < -0.3 is 4.74 Å². The van der Waals surface area contributed by atoms with Gasteiger partial charge in [-0.05, 0) is 31.4 Å². The summed E-state index contributed by atoms with van der Waals surface area (Å²) >= 11 is 1.33. The van der Waals surface area contributed by atoms with Crippen LogP contribution < -0.4 is 4.74 Å². The van der Waals surface area contributed by atoms with Crippen LogP contribution >= 0.6 is 11.8 Å². The first kappa shape index (κ1) is 15.8. The Hall–Kier alpha value is -2.06. The fourth-order valence-electron chi connectivity index (χ4n) is 2.18. The number of thioether (sulfide) groups is 1. The number of rotatable bonds is 5. The maximum Gasteiger partial charge on any atom is 0.269 e. The van der Waals surface area contributed by atoms with Gasteiger partial charge in [-0.1, -0.05) is 30.0 Å². The topological polar surface area (TPSA) is 74.1 Å². The summed E-state index contributed by atoms with van der Waals surface area (Å²) in [4.78, 5) is 8.85. The fourth-order valence-corrected chi connectivity index (χ4v) is 3.85. The van der Waals surface area contributed by atoms with E-state index in [4.69, 9.17) is 4.74 Å². The number of aromatic nitrogens is 3. The smallest absolute Gasteiger partial charge is 0.269 e. The predicted octanol–water partition coefficient (Wildman–Crippen LogP) is 2.79. The molecule has 0 aliphatic heterocycles. The van der Waals surface area contributed by atoms with E-state index in [0.717, 1.165) is 0 Å². The Balaban J connectivity index is 2.25. The van der Waals surface area contributed by atoms with Gasteiger partial charge in [0.25, 0.3) is 10.0 Å². The number of hydrogen-bond donors (Lipinski definition) is 0. The number of ether oxygens (including phenoxy) is 1. The average molecular weight is 349 g/mol. The fraction of sp³-hybridized carbons (Fsp3) is 0.200. The Morgan fingerprint density at radius 1 is 1.17 bits per heavy atom. The molecule has 0 saturated carbocycles. The molecule has 0 amide bonds. The molecule has 1 aromatic carbocycles. The Morgan fingerprint density at radius 3 is 2.57 bits per heavy atom. The number of fused-ring (bicyclic) bond motifs is 1. The van der Waals surface area contributed by atoms with Crippen LogP contribution in [0.15, 0.2) is 52.6 Å².